The summed E-state index contributed by atoms with van der Waals surface area (Å²) in [6, 6.07) is 5.39. The van der Waals surface area contributed by atoms with E-state index in [0.717, 1.165) is 35.5 Å². The lowest BCUT2D eigenvalue weighted by Crippen LogP contribution is -2.15. The van der Waals surface area contributed by atoms with Crippen molar-refractivity contribution in [1.82, 2.24) is 4.98 Å². The second kappa shape index (κ2) is 4.44. The summed E-state index contributed by atoms with van der Waals surface area (Å²) >= 11 is 1.61. The van der Waals surface area contributed by atoms with E-state index in [9.17, 15) is 4.39 Å². The highest BCUT2D eigenvalue weighted by Gasteiger charge is 2.22. The lowest BCUT2D eigenvalue weighted by atomic mass is 9.99. The van der Waals surface area contributed by atoms with E-state index in [1.54, 1.807) is 30.4 Å². The van der Waals surface area contributed by atoms with Gasteiger partial charge in [-0.2, -0.15) is 0 Å². The van der Waals surface area contributed by atoms with E-state index in [0.29, 0.717) is 5.56 Å². The van der Waals surface area contributed by atoms with Crippen LogP contribution in [-0.2, 0) is 6.42 Å². The van der Waals surface area contributed by atoms with Gasteiger partial charge in [0.15, 0.2) is 0 Å². The zero-order valence-electron chi connectivity index (χ0n) is 10.2. The molecule has 0 aliphatic heterocycles. The van der Waals surface area contributed by atoms with Gasteiger partial charge in [-0.1, -0.05) is 12.1 Å². The maximum absolute atomic E-state index is 13.6. The molecular formula is C14H15FN2S. The van der Waals surface area contributed by atoms with Crippen LogP contribution >= 0.6 is 11.3 Å². The van der Waals surface area contributed by atoms with Crippen molar-refractivity contribution in [3.05, 3.63) is 40.2 Å². The number of hydrogen-bond acceptors (Lipinski definition) is 3. The van der Waals surface area contributed by atoms with E-state index in [2.05, 4.69) is 4.98 Å². The molecule has 2 nitrogen and oxygen atoms in total. The molecule has 1 aromatic heterocycles. The van der Waals surface area contributed by atoms with Crippen molar-refractivity contribution in [3.8, 4) is 10.6 Å². The van der Waals surface area contributed by atoms with Gasteiger partial charge in [0.25, 0.3) is 0 Å². The minimum atomic E-state index is -0.176. The molecule has 0 radical (unpaired) electrons. The molecule has 3 rings (SSSR count). The highest BCUT2D eigenvalue weighted by Crippen LogP contribution is 2.36. The summed E-state index contributed by atoms with van der Waals surface area (Å²) in [5.41, 5.74) is 8.71. The summed E-state index contributed by atoms with van der Waals surface area (Å²) in [5.74, 6) is -0.176. The fourth-order valence-corrected chi connectivity index (χ4v) is 3.45. The number of nitrogens with two attached hydrogens (primary N) is 1. The first-order valence-corrected chi connectivity index (χ1v) is 6.98. The molecule has 18 heavy (non-hydrogen) atoms. The molecule has 1 heterocycles. The Morgan fingerprint density at radius 1 is 1.44 bits per heavy atom. The van der Waals surface area contributed by atoms with Crippen molar-refractivity contribution in [1.29, 1.82) is 0 Å². The minimum absolute atomic E-state index is 0.107. The quantitative estimate of drug-likeness (QED) is 0.853. The van der Waals surface area contributed by atoms with Crippen LogP contribution in [0.5, 0.6) is 0 Å². The monoisotopic (exact) mass is 262 g/mol. The lowest BCUT2D eigenvalue weighted by molar-refractivity contribution is 0.573. The third-order valence-corrected chi connectivity index (χ3v) is 4.69. The van der Waals surface area contributed by atoms with Crippen molar-refractivity contribution in [2.45, 2.75) is 32.2 Å². The number of thiazole rings is 1. The number of nitrogens with zero attached hydrogens (tertiary/aromatic N) is 1. The summed E-state index contributed by atoms with van der Waals surface area (Å²) in [6.45, 7) is 1.77. The molecule has 0 bridgehead atoms. The Labute approximate surface area is 110 Å². The molecular weight excluding hydrogens is 247 g/mol. The zero-order valence-corrected chi connectivity index (χ0v) is 11.1. The first-order chi connectivity index (χ1) is 8.65. The van der Waals surface area contributed by atoms with Gasteiger partial charge in [0.2, 0.25) is 0 Å². The molecule has 1 aliphatic rings. The molecule has 1 atom stereocenters. The fraction of sp³-hybridized carbons (Fsp3) is 0.357. The first-order valence-electron chi connectivity index (χ1n) is 6.17. The van der Waals surface area contributed by atoms with Crippen LogP contribution < -0.4 is 5.73 Å². The number of hydrogen-bond donors (Lipinski definition) is 1. The molecule has 0 saturated heterocycles. The second-order valence-corrected chi connectivity index (χ2v) is 5.82. The topological polar surface area (TPSA) is 38.9 Å². The van der Waals surface area contributed by atoms with Crippen molar-refractivity contribution in [2.24, 2.45) is 5.73 Å². The molecule has 94 valence electrons. The van der Waals surface area contributed by atoms with Gasteiger partial charge in [-0.05, 0) is 37.8 Å². The highest BCUT2D eigenvalue weighted by atomic mass is 32.1. The summed E-state index contributed by atoms with van der Waals surface area (Å²) in [5, 5.41) is 0.885. The van der Waals surface area contributed by atoms with Crippen LogP contribution in [0.3, 0.4) is 0 Å². The third-order valence-electron chi connectivity index (χ3n) is 3.41. The molecule has 2 aromatic rings. The number of halogens is 1. The Kier molecular flexibility index (Phi) is 2.92. The number of aryl methyl sites for hydroxylation is 2. The van der Waals surface area contributed by atoms with Gasteiger partial charge in [-0.15, -0.1) is 11.3 Å². The predicted octanol–water partition coefficient (Wildman–Crippen LogP) is 3.59. The molecule has 2 N–H and O–H groups in total. The Bertz CT molecular complexity index is 591. The van der Waals surface area contributed by atoms with Crippen LogP contribution in [0, 0.1) is 12.7 Å². The van der Waals surface area contributed by atoms with Crippen LogP contribution in [-0.4, -0.2) is 4.98 Å². The third kappa shape index (κ3) is 1.95. The van der Waals surface area contributed by atoms with E-state index in [4.69, 9.17) is 5.73 Å². The SMILES string of the molecule is Cc1ccc(-c2nc3c(s2)C(N)CCC3)cc1F. The van der Waals surface area contributed by atoms with Crippen LogP contribution in [0.1, 0.15) is 35.0 Å². The summed E-state index contributed by atoms with van der Waals surface area (Å²) in [7, 11) is 0. The number of rotatable bonds is 1. The molecule has 1 aliphatic carbocycles. The number of benzene rings is 1. The standard InChI is InChI=1S/C14H15FN2S/c1-8-5-6-9(7-10(8)15)14-17-12-4-2-3-11(16)13(12)18-14/h5-7,11H,2-4,16H2,1H3. The molecule has 1 aromatic carbocycles. The molecule has 4 heteroatoms. The molecule has 0 fully saturated rings. The summed E-state index contributed by atoms with van der Waals surface area (Å²) in [4.78, 5) is 5.79. The largest absolute Gasteiger partial charge is 0.323 e. The van der Waals surface area contributed by atoms with Gasteiger partial charge in [-0.25, -0.2) is 9.37 Å². The van der Waals surface area contributed by atoms with Crippen molar-refractivity contribution < 1.29 is 4.39 Å². The van der Waals surface area contributed by atoms with Crippen LogP contribution in [0.15, 0.2) is 18.2 Å². The van der Waals surface area contributed by atoms with Gasteiger partial charge < -0.3 is 5.73 Å². The smallest absolute Gasteiger partial charge is 0.126 e. The van der Waals surface area contributed by atoms with Crippen molar-refractivity contribution in [3.63, 3.8) is 0 Å². The Hall–Kier alpha value is -1.26. The van der Waals surface area contributed by atoms with E-state index >= 15 is 0 Å². The van der Waals surface area contributed by atoms with Gasteiger partial charge in [-0.3, -0.25) is 0 Å². The van der Waals surface area contributed by atoms with Crippen LogP contribution in [0.4, 0.5) is 4.39 Å². The molecule has 1 unspecified atom stereocenters. The number of aromatic nitrogens is 1. The minimum Gasteiger partial charge on any atom is -0.323 e. The number of fused-ring (bicyclic) bond motifs is 1. The van der Waals surface area contributed by atoms with Gasteiger partial charge in [0.05, 0.1) is 5.69 Å². The van der Waals surface area contributed by atoms with Crippen LogP contribution in [0.2, 0.25) is 0 Å². The van der Waals surface area contributed by atoms with E-state index < -0.39 is 0 Å². The van der Waals surface area contributed by atoms with Gasteiger partial charge in [0.1, 0.15) is 10.8 Å². The average Bonchev–Trinajstić information content (AvgIpc) is 2.78. The maximum atomic E-state index is 13.6. The Morgan fingerprint density at radius 2 is 2.28 bits per heavy atom. The van der Waals surface area contributed by atoms with Gasteiger partial charge >= 0.3 is 0 Å². The zero-order chi connectivity index (χ0) is 12.7. The van der Waals surface area contributed by atoms with E-state index in [-0.39, 0.29) is 11.9 Å². The summed E-state index contributed by atoms with van der Waals surface area (Å²) in [6.07, 6.45) is 3.12. The second-order valence-electron chi connectivity index (χ2n) is 4.79. The molecule has 0 saturated carbocycles. The van der Waals surface area contributed by atoms with Crippen molar-refractivity contribution >= 4 is 11.3 Å². The van der Waals surface area contributed by atoms with Crippen molar-refractivity contribution in [2.75, 3.05) is 0 Å². The fourth-order valence-electron chi connectivity index (χ4n) is 2.30. The maximum Gasteiger partial charge on any atom is 0.126 e. The highest BCUT2D eigenvalue weighted by molar-refractivity contribution is 7.15. The molecule has 0 spiro atoms. The van der Waals surface area contributed by atoms with Gasteiger partial charge in [0, 0.05) is 16.5 Å². The lowest BCUT2D eigenvalue weighted by Gasteiger charge is -2.15. The Morgan fingerprint density at radius 3 is 3.00 bits per heavy atom. The van der Waals surface area contributed by atoms with Crippen LogP contribution in [0.25, 0.3) is 10.6 Å². The predicted molar refractivity (Wildman–Crippen MR) is 72.1 cm³/mol. The average molecular weight is 262 g/mol. The molecule has 0 amide bonds. The normalized spacial score (nSPS) is 18.7. The first kappa shape index (κ1) is 11.8. The summed E-state index contributed by atoms with van der Waals surface area (Å²) < 4.78 is 13.6. The Balaban J connectivity index is 2.04. The van der Waals surface area contributed by atoms with E-state index in [1.165, 1.54) is 4.88 Å². The van der Waals surface area contributed by atoms with E-state index in [1.807, 2.05) is 6.07 Å².